The standard InChI is InChI=1S/C10H6F4N2S/c11-6-3-1-2-5(8(6)15)7-4-16-9(17-7)10(12,13)14/h1-4H,15H2. The van der Waals surface area contributed by atoms with Gasteiger partial charge in [-0.2, -0.15) is 13.2 Å². The molecule has 17 heavy (non-hydrogen) atoms. The summed E-state index contributed by atoms with van der Waals surface area (Å²) in [6, 6.07) is 3.98. The van der Waals surface area contributed by atoms with Crippen LogP contribution in [0.1, 0.15) is 5.01 Å². The first kappa shape index (κ1) is 11.8. The number of halogens is 4. The summed E-state index contributed by atoms with van der Waals surface area (Å²) in [5, 5.41) is -0.976. The molecule has 0 saturated heterocycles. The number of rotatable bonds is 1. The summed E-state index contributed by atoms with van der Waals surface area (Å²) >= 11 is 0.433. The van der Waals surface area contributed by atoms with E-state index in [0.717, 1.165) is 12.3 Å². The molecule has 90 valence electrons. The first-order valence-corrected chi connectivity index (χ1v) is 5.28. The maximum atomic E-state index is 13.1. The Morgan fingerprint density at radius 2 is 1.94 bits per heavy atom. The van der Waals surface area contributed by atoms with Gasteiger partial charge in [0, 0.05) is 11.8 Å². The van der Waals surface area contributed by atoms with Crippen molar-refractivity contribution in [1.82, 2.24) is 4.98 Å². The van der Waals surface area contributed by atoms with Crippen LogP contribution in [0.4, 0.5) is 23.2 Å². The predicted octanol–water partition coefficient (Wildman–Crippen LogP) is 3.55. The van der Waals surface area contributed by atoms with Crippen LogP contribution in [0.2, 0.25) is 0 Å². The minimum atomic E-state index is -4.50. The number of benzene rings is 1. The highest BCUT2D eigenvalue weighted by Gasteiger charge is 2.34. The molecule has 0 bridgehead atoms. The van der Waals surface area contributed by atoms with Gasteiger partial charge < -0.3 is 5.73 Å². The molecule has 0 unspecified atom stereocenters. The van der Waals surface area contributed by atoms with E-state index in [1.165, 1.54) is 12.1 Å². The molecule has 2 rings (SSSR count). The zero-order valence-electron chi connectivity index (χ0n) is 8.25. The molecule has 0 atom stereocenters. The number of nitrogens with two attached hydrogens (primary N) is 1. The van der Waals surface area contributed by atoms with Gasteiger partial charge in [0.25, 0.3) is 0 Å². The van der Waals surface area contributed by atoms with Crippen molar-refractivity contribution in [2.45, 2.75) is 6.18 Å². The van der Waals surface area contributed by atoms with Crippen LogP contribution in [-0.2, 0) is 6.18 Å². The Kier molecular flexibility index (Phi) is 2.78. The molecule has 0 fully saturated rings. The Balaban J connectivity index is 2.48. The second-order valence-electron chi connectivity index (χ2n) is 3.23. The third kappa shape index (κ3) is 2.23. The highest BCUT2D eigenvalue weighted by molar-refractivity contribution is 7.15. The summed E-state index contributed by atoms with van der Waals surface area (Å²) in [5.41, 5.74) is 5.50. The summed E-state index contributed by atoms with van der Waals surface area (Å²) in [6.07, 6.45) is -3.45. The molecular weight excluding hydrogens is 256 g/mol. The minimum absolute atomic E-state index is 0.176. The molecule has 0 aliphatic heterocycles. The number of hydrogen-bond donors (Lipinski definition) is 1. The van der Waals surface area contributed by atoms with Crippen molar-refractivity contribution in [1.29, 1.82) is 0 Å². The number of alkyl halides is 3. The Morgan fingerprint density at radius 3 is 2.53 bits per heavy atom. The first-order valence-electron chi connectivity index (χ1n) is 4.47. The number of anilines is 1. The topological polar surface area (TPSA) is 38.9 Å². The summed E-state index contributed by atoms with van der Waals surface area (Å²) in [4.78, 5) is 3.44. The molecule has 0 saturated carbocycles. The maximum absolute atomic E-state index is 13.1. The fraction of sp³-hybridized carbons (Fsp3) is 0.100. The summed E-state index contributed by atoms with van der Waals surface area (Å²) in [7, 11) is 0. The van der Waals surface area contributed by atoms with Crippen molar-refractivity contribution < 1.29 is 17.6 Å². The second-order valence-corrected chi connectivity index (χ2v) is 4.26. The van der Waals surface area contributed by atoms with Crippen LogP contribution in [0.15, 0.2) is 24.4 Å². The van der Waals surface area contributed by atoms with Crippen molar-refractivity contribution >= 4 is 17.0 Å². The SMILES string of the molecule is Nc1c(F)cccc1-c1cnc(C(F)(F)F)s1. The maximum Gasteiger partial charge on any atom is 0.443 e. The predicted molar refractivity (Wildman–Crippen MR) is 56.9 cm³/mol. The molecule has 1 aromatic heterocycles. The smallest absolute Gasteiger partial charge is 0.396 e. The van der Waals surface area contributed by atoms with Crippen LogP contribution in [-0.4, -0.2) is 4.98 Å². The molecule has 1 heterocycles. The molecule has 0 aliphatic rings. The lowest BCUT2D eigenvalue weighted by Gasteiger charge is -2.03. The van der Waals surface area contributed by atoms with Crippen molar-refractivity contribution in [3.05, 3.63) is 35.2 Å². The van der Waals surface area contributed by atoms with E-state index in [4.69, 9.17) is 5.73 Å². The van der Waals surface area contributed by atoms with Crippen molar-refractivity contribution in [3.8, 4) is 10.4 Å². The molecular formula is C10H6F4N2S. The number of aromatic nitrogens is 1. The average molecular weight is 262 g/mol. The van der Waals surface area contributed by atoms with Crippen LogP contribution in [0.3, 0.4) is 0 Å². The van der Waals surface area contributed by atoms with E-state index in [1.54, 1.807) is 0 Å². The molecule has 7 heteroatoms. The van der Waals surface area contributed by atoms with Crippen molar-refractivity contribution in [3.63, 3.8) is 0 Å². The Bertz CT molecular complexity index is 547. The van der Waals surface area contributed by atoms with Gasteiger partial charge in [0.05, 0.1) is 10.6 Å². The lowest BCUT2D eigenvalue weighted by molar-refractivity contribution is -0.137. The van der Waals surface area contributed by atoms with Gasteiger partial charge in [0.2, 0.25) is 0 Å². The van der Waals surface area contributed by atoms with Gasteiger partial charge in [-0.15, -0.1) is 11.3 Å². The Morgan fingerprint density at radius 1 is 1.24 bits per heavy atom. The van der Waals surface area contributed by atoms with Gasteiger partial charge >= 0.3 is 6.18 Å². The van der Waals surface area contributed by atoms with E-state index >= 15 is 0 Å². The van der Waals surface area contributed by atoms with Crippen LogP contribution in [0.25, 0.3) is 10.4 Å². The molecule has 2 nitrogen and oxygen atoms in total. The number of hydrogen-bond acceptors (Lipinski definition) is 3. The van der Waals surface area contributed by atoms with E-state index in [9.17, 15) is 17.6 Å². The molecule has 1 aromatic carbocycles. The zero-order valence-corrected chi connectivity index (χ0v) is 9.07. The summed E-state index contributed by atoms with van der Waals surface area (Å²) in [5.74, 6) is -0.663. The van der Waals surface area contributed by atoms with Crippen molar-refractivity contribution in [2.75, 3.05) is 5.73 Å². The largest absolute Gasteiger partial charge is 0.443 e. The Labute approximate surface area is 97.7 Å². The summed E-state index contributed by atoms with van der Waals surface area (Å²) < 4.78 is 50.2. The third-order valence-corrected chi connectivity index (χ3v) is 3.14. The van der Waals surface area contributed by atoms with Crippen LogP contribution >= 0.6 is 11.3 Å². The van der Waals surface area contributed by atoms with E-state index in [-0.39, 0.29) is 16.1 Å². The fourth-order valence-electron chi connectivity index (χ4n) is 1.28. The molecule has 0 aliphatic carbocycles. The fourth-order valence-corrected chi connectivity index (χ4v) is 2.10. The number of nitrogen functional groups attached to an aromatic ring is 1. The lowest BCUT2D eigenvalue weighted by Crippen LogP contribution is -2.02. The Hall–Kier alpha value is -1.63. The molecule has 0 spiro atoms. The number of para-hydroxylation sites is 1. The zero-order chi connectivity index (χ0) is 12.6. The molecule has 0 radical (unpaired) electrons. The summed E-state index contributed by atoms with van der Waals surface area (Å²) in [6.45, 7) is 0. The number of nitrogens with zero attached hydrogens (tertiary/aromatic N) is 1. The monoisotopic (exact) mass is 262 g/mol. The quantitative estimate of drug-likeness (QED) is 0.630. The molecule has 0 amide bonds. The normalized spacial score (nSPS) is 11.8. The number of thiazole rings is 1. The van der Waals surface area contributed by atoms with Crippen LogP contribution in [0, 0.1) is 5.82 Å². The van der Waals surface area contributed by atoms with Crippen LogP contribution < -0.4 is 5.73 Å². The van der Waals surface area contributed by atoms with E-state index in [0.29, 0.717) is 11.3 Å². The van der Waals surface area contributed by atoms with Crippen LogP contribution in [0.5, 0.6) is 0 Å². The van der Waals surface area contributed by atoms with Crippen molar-refractivity contribution in [2.24, 2.45) is 0 Å². The van der Waals surface area contributed by atoms with E-state index in [2.05, 4.69) is 4.98 Å². The lowest BCUT2D eigenvalue weighted by atomic mass is 10.1. The third-order valence-electron chi connectivity index (χ3n) is 2.07. The van der Waals surface area contributed by atoms with Gasteiger partial charge in [0.1, 0.15) is 5.82 Å². The molecule has 2 N–H and O–H groups in total. The van der Waals surface area contributed by atoms with E-state index in [1.807, 2.05) is 0 Å². The highest BCUT2D eigenvalue weighted by atomic mass is 32.1. The van der Waals surface area contributed by atoms with Gasteiger partial charge in [-0.3, -0.25) is 0 Å². The second kappa shape index (κ2) is 3.99. The van der Waals surface area contributed by atoms with Gasteiger partial charge in [0.15, 0.2) is 5.01 Å². The highest BCUT2D eigenvalue weighted by Crippen LogP contribution is 2.38. The first-order chi connectivity index (χ1) is 7.89. The van der Waals surface area contributed by atoms with Gasteiger partial charge in [-0.1, -0.05) is 12.1 Å². The molecule has 2 aromatic rings. The average Bonchev–Trinajstić information content (AvgIpc) is 2.70. The van der Waals surface area contributed by atoms with Gasteiger partial charge in [-0.25, -0.2) is 9.37 Å². The minimum Gasteiger partial charge on any atom is -0.396 e. The van der Waals surface area contributed by atoms with Gasteiger partial charge in [-0.05, 0) is 6.07 Å². The van der Waals surface area contributed by atoms with E-state index < -0.39 is 17.0 Å².